The van der Waals surface area contributed by atoms with E-state index in [9.17, 15) is 15.2 Å². The van der Waals surface area contributed by atoms with Crippen LogP contribution in [0, 0.1) is 11.3 Å². The Kier molecular flexibility index (Phi) is 4.60. The fourth-order valence-electron chi connectivity index (χ4n) is 4.60. The number of aliphatic hydroxyl groups is 1. The van der Waals surface area contributed by atoms with Crippen LogP contribution in [-0.4, -0.2) is 45.0 Å². The van der Waals surface area contributed by atoms with E-state index in [2.05, 4.69) is 16.7 Å². The molecule has 162 valence electrons. The molecule has 1 aromatic carbocycles. The summed E-state index contributed by atoms with van der Waals surface area (Å²) in [6.45, 7) is 4.69. The third-order valence-electron chi connectivity index (χ3n) is 6.27. The smallest absolute Gasteiger partial charge is 0.259 e. The number of aromatic nitrogens is 3. The van der Waals surface area contributed by atoms with Gasteiger partial charge in [-0.1, -0.05) is 6.58 Å². The normalized spacial score (nSPS) is 17.2. The van der Waals surface area contributed by atoms with Crippen LogP contribution in [0.15, 0.2) is 49.1 Å². The molecule has 3 heterocycles. The first kappa shape index (κ1) is 20.0. The SMILES string of the molecule is C=C1N(c2cnc(C#N)c(OC)c2)C(=O)C2(CCC2)N1c1ccc2nn(CCO)cc2c1. The van der Waals surface area contributed by atoms with Gasteiger partial charge in [-0.05, 0) is 37.5 Å². The lowest BCUT2D eigenvalue weighted by atomic mass is 9.75. The molecule has 0 atom stereocenters. The number of carbonyl (C=O) groups excluding carboxylic acids is 1. The molecular weight excluding hydrogens is 408 g/mol. The zero-order chi connectivity index (χ0) is 22.5. The number of aliphatic hydroxyl groups excluding tert-OH is 1. The molecule has 1 amide bonds. The van der Waals surface area contributed by atoms with Gasteiger partial charge in [-0.3, -0.25) is 14.4 Å². The number of methoxy groups -OCH3 is 1. The number of ether oxygens (including phenoxy) is 1. The summed E-state index contributed by atoms with van der Waals surface area (Å²) in [5, 5.41) is 23.8. The van der Waals surface area contributed by atoms with Crippen LogP contribution in [0.1, 0.15) is 25.0 Å². The molecule has 1 spiro atoms. The molecule has 1 saturated heterocycles. The highest BCUT2D eigenvalue weighted by Gasteiger charge is 2.58. The van der Waals surface area contributed by atoms with Gasteiger partial charge in [-0.15, -0.1) is 0 Å². The van der Waals surface area contributed by atoms with E-state index in [1.165, 1.54) is 13.3 Å². The summed E-state index contributed by atoms with van der Waals surface area (Å²) in [5.41, 5.74) is 1.66. The number of benzene rings is 1. The lowest BCUT2D eigenvalue weighted by molar-refractivity contribution is -0.123. The number of nitriles is 1. The van der Waals surface area contributed by atoms with E-state index in [1.807, 2.05) is 35.4 Å². The summed E-state index contributed by atoms with van der Waals surface area (Å²) < 4.78 is 6.99. The molecule has 2 fully saturated rings. The van der Waals surface area contributed by atoms with Crippen LogP contribution in [0.3, 0.4) is 0 Å². The van der Waals surface area contributed by atoms with E-state index in [4.69, 9.17) is 4.74 Å². The van der Waals surface area contributed by atoms with Crippen molar-refractivity contribution in [2.24, 2.45) is 0 Å². The number of nitrogens with zero attached hydrogens (tertiary/aromatic N) is 6. The number of pyridine rings is 1. The van der Waals surface area contributed by atoms with Crippen LogP contribution in [0.5, 0.6) is 5.75 Å². The zero-order valence-corrected chi connectivity index (χ0v) is 17.7. The predicted octanol–water partition coefficient (Wildman–Crippen LogP) is 2.55. The first-order valence-electron chi connectivity index (χ1n) is 10.4. The highest BCUT2D eigenvalue weighted by Crippen LogP contribution is 2.50. The highest BCUT2D eigenvalue weighted by atomic mass is 16.5. The van der Waals surface area contributed by atoms with Gasteiger partial charge >= 0.3 is 0 Å². The second-order valence-corrected chi connectivity index (χ2v) is 7.99. The molecule has 5 rings (SSSR count). The zero-order valence-electron chi connectivity index (χ0n) is 17.7. The van der Waals surface area contributed by atoms with Gasteiger partial charge in [0.15, 0.2) is 11.4 Å². The molecule has 0 unspecified atom stereocenters. The molecule has 3 aromatic rings. The summed E-state index contributed by atoms with van der Waals surface area (Å²) in [5.74, 6) is 0.785. The number of amides is 1. The van der Waals surface area contributed by atoms with Crippen molar-refractivity contribution in [3.63, 3.8) is 0 Å². The van der Waals surface area contributed by atoms with E-state index < -0.39 is 5.54 Å². The molecule has 1 aliphatic carbocycles. The fourth-order valence-corrected chi connectivity index (χ4v) is 4.60. The average Bonchev–Trinajstić information content (AvgIpc) is 3.27. The molecule has 2 aromatic heterocycles. The standard InChI is InChI=1S/C23H22N6O3/c1-15-28(18-11-21(32-2)20(12-24)25-13-18)22(31)23(6-3-7-23)29(15)17-4-5-19-16(10-17)14-27(26-19)8-9-30/h4-5,10-11,13-14,30H,1,3,6-9H2,2H3. The van der Waals surface area contributed by atoms with Crippen molar-refractivity contribution in [2.45, 2.75) is 31.3 Å². The summed E-state index contributed by atoms with van der Waals surface area (Å²) in [7, 11) is 1.47. The fraction of sp³-hybridized carbons (Fsp3) is 0.304. The van der Waals surface area contributed by atoms with Crippen molar-refractivity contribution in [3.8, 4) is 11.8 Å². The second-order valence-electron chi connectivity index (χ2n) is 7.99. The van der Waals surface area contributed by atoms with Gasteiger partial charge in [0.25, 0.3) is 5.91 Å². The Morgan fingerprint density at radius 2 is 2.12 bits per heavy atom. The third-order valence-corrected chi connectivity index (χ3v) is 6.27. The van der Waals surface area contributed by atoms with E-state index >= 15 is 0 Å². The average molecular weight is 430 g/mol. The molecular formula is C23H22N6O3. The summed E-state index contributed by atoms with van der Waals surface area (Å²) in [6.07, 6.45) is 5.79. The molecule has 1 N–H and O–H groups in total. The maximum atomic E-state index is 13.7. The van der Waals surface area contributed by atoms with Gasteiger partial charge < -0.3 is 14.7 Å². The molecule has 0 radical (unpaired) electrons. The first-order chi connectivity index (χ1) is 15.5. The Balaban J connectivity index is 1.58. The minimum absolute atomic E-state index is 0.0123. The van der Waals surface area contributed by atoms with Gasteiger partial charge in [0.05, 0.1) is 37.7 Å². The van der Waals surface area contributed by atoms with Crippen molar-refractivity contribution >= 4 is 28.2 Å². The van der Waals surface area contributed by atoms with Crippen LogP contribution in [-0.2, 0) is 11.3 Å². The molecule has 1 saturated carbocycles. The molecule has 0 bridgehead atoms. The molecule has 32 heavy (non-hydrogen) atoms. The van der Waals surface area contributed by atoms with E-state index in [-0.39, 0.29) is 18.2 Å². The van der Waals surface area contributed by atoms with Crippen LogP contribution in [0.25, 0.3) is 10.9 Å². The van der Waals surface area contributed by atoms with E-state index in [0.717, 1.165) is 35.9 Å². The van der Waals surface area contributed by atoms with Gasteiger partial charge in [0, 0.05) is 23.3 Å². The van der Waals surface area contributed by atoms with Crippen LogP contribution in [0.2, 0.25) is 0 Å². The lowest BCUT2D eigenvalue weighted by Crippen LogP contribution is -2.54. The van der Waals surface area contributed by atoms with E-state index in [1.54, 1.807) is 15.6 Å². The monoisotopic (exact) mass is 430 g/mol. The molecule has 9 nitrogen and oxygen atoms in total. The van der Waals surface area contributed by atoms with E-state index in [0.29, 0.717) is 23.8 Å². The Morgan fingerprint density at radius 3 is 2.78 bits per heavy atom. The summed E-state index contributed by atoms with van der Waals surface area (Å²) in [4.78, 5) is 21.4. The number of anilines is 2. The van der Waals surface area contributed by atoms with Gasteiger partial charge in [-0.2, -0.15) is 10.4 Å². The van der Waals surface area contributed by atoms with Crippen molar-refractivity contribution in [2.75, 3.05) is 23.5 Å². The van der Waals surface area contributed by atoms with Crippen LogP contribution in [0.4, 0.5) is 11.4 Å². The Bertz CT molecular complexity index is 1290. The molecule has 2 aliphatic rings. The summed E-state index contributed by atoms with van der Waals surface area (Å²) in [6, 6.07) is 9.49. The number of hydrogen-bond donors (Lipinski definition) is 1. The number of carbonyl (C=O) groups is 1. The lowest BCUT2D eigenvalue weighted by Gasteiger charge is -2.43. The maximum absolute atomic E-state index is 13.7. The minimum atomic E-state index is -0.688. The molecule has 1 aliphatic heterocycles. The van der Waals surface area contributed by atoms with Crippen molar-refractivity contribution in [1.82, 2.24) is 14.8 Å². The minimum Gasteiger partial charge on any atom is -0.494 e. The van der Waals surface area contributed by atoms with Crippen LogP contribution >= 0.6 is 0 Å². The van der Waals surface area contributed by atoms with Gasteiger partial charge in [0.2, 0.25) is 0 Å². The highest BCUT2D eigenvalue weighted by molar-refractivity contribution is 6.11. The topological polar surface area (TPSA) is 108 Å². The van der Waals surface area contributed by atoms with Crippen LogP contribution < -0.4 is 14.5 Å². The predicted molar refractivity (Wildman–Crippen MR) is 118 cm³/mol. The quantitative estimate of drug-likeness (QED) is 0.663. The van der Waals surface area contributed by atoms with Gasteiger partial charge in [-0.25, -0.2) is 4.98 Å². The van der Waals surface area contributed by atoms with Gasteiger partial charge in [0.1, 0.15) is 17.4 Å². The Morgan fingerprint density at radius 1 is 1.31 bits per heavy atom. The maximum Gasteiger partial charge on any atom is 0.259 e. The largest absolute Gasteiger partial charge is 0.494 e. The van der Waals surface area contributed by atoms with Crippen molar-refractivity contribution in [3.05, 3.63) is 54.8 Å². The second kappa shape index (κ2) is 7.35. The first-order valence-corrected chi connectivity index (χ1v) is 10.4. The Labute approximate surface area is 184 Å². The van der Waals surface area contributed by atoms with Crippen molar-refractivity contribution < 1.29 is 14.6 Å². The number of rotatable bonds is 5. The Hall–Kier alpha value is -3.90. The van der Waals surface area contributed by atoms with Crippen molar-refractivity contribution in [1.29, 1.82) is 5.26 Å². The molecule has 9 heteroatoms. The number of fused-ring (bicyclic) bond motifs is 1. The summed E-state index contributed by atoms with van der Waals surface area (Å²) >= 11 is 0. The number of hydrogen-bond acceptors (Lipinski definition) is 7. The third kappa shape index (κ3) is 2.77.